The van der Waals surface area contributed by atoms with Gasteiger partial charge in [-0.2, -0.15) is 0 Å². The molecule has 134 valence electrons. The van der Waals surface area contributed by atoms with Crippen LogP contribution in [0.4, 0.5) is 5.13 Å². The number of aliphatic hydroxyl groups excluding tert-OH is 1. The van der Waals surface area contributed by atoms with Crippen molar-refractivity contribution in [3.05, 3.63) is 40.9 Å². The molecule has 0 aliphatic carbocycles. The van der Waals surface area contributed by atoms with E-state index in [2.05, 4.69) is 10.3 Å². The molecule has 1 aliphatic rings. The van der Waals surface area contributed by atoms with Gasteiger partial charge in [0.25, 0.3) is 5.91 Å². The lowest BCUT2D eigenvalue weighted by Gasteiger charge is -2.37. The van der Waals surface area contributed by atoms with E-state index in [9.17, 15) is 9.90 Å². The van der Waals surface area contributed by atoms with E-state index in [0.29, 0.717) is 23.1 Å². The monoisotopic (exact) mass is 362 g/mol. The van der Waals surface area contributed by atoms with Crippen molar-refractivity contribution in [3.8, 4) is 5.75 Å². The van der Waals surface area contributed by atoms with Gasteiger partial charge in [-0.1, -0.05) is 26.0 Å². The summed E-state index contributed by atoms with van der Waals surface area (Å²) >= 11 is 1.40. The molecule has 2 aromatic rings. The smallest absolute Gasteiger partial charge is 0.261 e. The maximum atomic E-state index is 12.6. The van der Waals surface area contributed by atoms with Gasteiger partial charge in [0.1, 0.15) is 11.9 Å². The highest BCUT2D eigenvalue weighted by molar-refractivity contribution is 7.15. The molecule has 1 aromatic heterocycles. The molecule has 1 aliphatic heterocycles. The molecule has 1 saturated heterocycles. The highest BCUT2D eigenvalue weighted by atomic mass is 32.1. The van der Waals surface area contributed by atoms with Crippen LogP contribution in [0.25, 0.3) is 0 Å². The minimum absolute atomic E-state index is 0.0537. The number of amides is 1. The van der Waals surface area contributed by atoms with Gasteiger partial charge in [-0.15, -0.1) is 11.3 Å². The van der Waals surface area contributed by atoms with Crippen LogP contribution in [-0.4, -0.2) is 35.0 Å². The summed E-state index contributed by atoms with van der Waals surface area (Å²) in [7, 11) is 0. The number of benzene rings is 1. The van der Waals surface area contributed by atoms with E-state index >= 15 is 0 Å². The summed E-state index contributed by atoms with van der Waals surface area (Å²) in [4.78, 5) is 17.7. The van der Waals surface area contributed by atoms with Gasteiger partial charge >= 0.3 is 0 Å². The Balaban J connectivity index is 1.75. The van der Waals surface area contributed by atoms with Crippen LogP contribution in [0.5, 0.6) is 5.75 Å². The number of aromatic nitrogens is 1. The number of rotatable bonds is 4. The van der Waals surface area contributed by atoms with Crippen LogP contribution >= 0.6 is 11.3 Å². The Morgan fingerprint density at radius 1 is 1.40 bits per heavy atom. The van der Waals surface area contributed by atoms with E-state index in [1.165, 1.54) is 11.3 Å². The minimum Gasteiger partial charge on any atom is -0.461 e. The highest BCUT2D eigenvalue weighted by Crippen LogP contribution is 2.29. The molecule has 0 bridgehead atoms. The standard InChI is InChI=1S/C18H22N2O4S/c1-10-9-23-17(15(21)12(10)3)24-14-7-5-4-6-13(14)16(22)20-18-19-8-11(2)25-18/h4-8,10,12,15,17,21H,9H2,1-3H3,(H,19,20,22). The van der Waals surface area contributed by atoms with Gasteiger partial charge < -0.3 is 14.6 Å². The predicted molar refractivity (Wildman–Crippen MR) is 95.9 cm³/mol. The van der Waals surface area contributed by atoms with E-state index in [1.54, 1.807) is 30.5 Å². The molecular formula is C18H22N2O4S. The lowest BCUT2D eigenvalue weighted by atomic mass is 9.89. The highest BCUT2D eigenvalue weighted by Gasteiger charge is 2.36. The molecule has 4 unspecified atom stereocenters. The first kappa shape index (κ1) is 17.8. The first-order chi connectivity index (χ1) is 12.0. The fourth-order valence-electron chi connectivity index (χ4n) is 2.64. The fraction of sp³-hybridized carbons (Fsp3) is 0.444. The minimum atomic E-state index is -0.790. The van der Waals surface area contributed by atoms with Crippen molar-refractivity contribution in [2.24, 2.45) is 11.8 Å². The predicted octanol–water partition coefficient (Wildman–Crippen LogP) is 3.07. The van der Waals surface area contributed by atoms with Crippen LogP contribution in [-0.2, 0) is 4.74 Å². The molecule has 4 atom stereocenters. The quantitative estimate of drug-likeness (QED) is 0.874. The molecule has 0 saturated carbocycles. The summed E-state index contributed by atoms with van der Waals surface area (Å²) in [6.45, 7) is 6.43. The third-order valence-corrected chi connectivity index (χ3v) is 5.28. The number of thiazole rings is 1. The first-order valence-electron chi connectivity index (χ1n) is 8.25. The van der Waals surface area contributed by atoms with Crippen molar-refractivity contribution in [3.63, 3.8) is 0 Å². The fourth-order valence-corrected chi connectivity index (χ4v) is 3.30. The number of ether oxygens (including phenoxy) is 2. The molecule has 3 rings (SSSR count). The number of hydrogen-bond donors (Lipinski definition) is 2. The Bertz CT molecular complexity index is 748. The van der Waals surface area contributed by atoms with Crippen LogP contribution < -0.4 is 10.1 Å². The Labute approximate surface area is 150 Å². The summed E-state index contributed by atoms with van der Waals surface area (Å²) in [6, 6.07) is 6.91. The van der Waals surface area contributed by atoms with Crippen molar-refractivity contribution in [2.75, 3.05) is 11.9 Å². The lowest BCUT2D eigenvalue weighted by Crippen LogP contribution is -2.47. The van der Waals surface area contributed by atoms with Gasteiger partial charge in [0.15, 0.2) is 5.13 Å². The number of aryl methyl sites for hydroxylation is 1. The zero-order chi connectivity index (χ0) is 18.0. The van der Waals surface area contributed by atoms with Crippen molar-refractivity contribution < 1.29 is 19.4 Å². The van der Waals surface area contributed by atoms with E-state index in [0.717, 1.165) is 4.88 Å². The molecule has 0 radical (unpaired) electrons. The Morgan fingerprint density at radius 2 is 2.16 bits per heavy atom. The summed E-state index contributed by atoms with van der Waals surface area (Å²) in [6.07, 6.45) is 0.168. The number of nitrogens with zero attached hydrogens (tertiary/aromatic N) is 1. The van der Waals surface area contributed by atoms with Crippen molar-refractivity contribution in [2.45, 2.75) is 33.2 Å². The number of anilines is 1. The zero-order valence-corrected chi connectivity index (χ0v) is 15.2. The molecule has 2 heterocycles. The van der Waals surface area contributed by atoms with Crippen molar-refractivity contribution >= 4 is 22.4 Å². The summed E-state index contributed by atoms with van der Waals surface area (Å²) in [5, 5.41) is 13.7. The topological polar surface area (TPSA) is 80.7 Å². The van der Waals surface area contributed by atoms with Crippen LogP contribution in [0.15, 0.2) is 30.5 Å². The molecule has 25 heavy (non-hydrogen) atoms. The third kappa shape index (κ3) is 4.00. The molecule has 0 spiro atoms. The van der Waals surface area contributed by atoms with E-state index in [1.807, 2.05) is 20.8 Å². The van der Waals surface area contributed by atoms with E-state index in [4.69, 9.17) is 9.47 Å². The van der Waals surface area contributed by atoms with Crippen molar-refractivity contribution in [1.82, 2.24) is 4.98 Å². The molecule has 7 heteroatoms. The largest absolute Gasteiger partial charge is 0.461 e. The number of para-hydroxylation sites is 1. The van der Waals surface area contributed by atoms with E-state index in [-0.39, 0.29) is 17.7 Å². The lowest BCUT2D eigenvalue weighted by molar-refractivity contribution is -0.205. The van der Waals surface area contributed by atoms with Crippen molar-refractivity contribution in [1.29, 1.82) is 0 Å². The number of carbonyl (C=O) groups excluding carboxylic acids is 1. The van der Waals surface area contributed by atoms with Gasteiger partial charge in [0.2, 0.25) is 6.29 Å². The van der Waals surface area contributed by atoms with E-state index < -0.39 is 12.4 Å². The second-order valence-electron chi connectivity index (χ2n) is 6.37. The molecule has 1 aromatic carbocycles. The SMILES string of the molecule is Cc1cnc(NC(=O)c2ccccc2OC2OCC(C)C(C)C2O)s1. The third-order valence-electron chi connectivity index (χ3n) is 4.46. The zero-order valence-electron chi connectivity index (χ0n) is 14.4. The maximum Gasteiger partial charge on any atom is 0.261 e. The average molecular weight is 362 g/mol. The first-order valence-corrected chi connectivity index (χ1v) is 9.06. The van der Waals surface area contributed by atoms with Gasteiger partial charge in [-0.25, -0.2) is 4.98 Å². The average Bonchev–Trinajstić information content (AvgIpc) is 3.00. The summed E-state index contributed by atoms with van der Waals surface area (Å²) in [5.74, 6) is 0.371. The van der Waals surface area contributed by atoms with Crippen LogP contribution in [0.2, 0.25) is 0 Å². The molecule has 2 N–H and O–H groups in total. The molecular weight excluding hydrogens is 340 g/mol. The second-order valence-corrected chi connectivity index (χ2v) is 7.61. The number of hydrogen-bond acceptors (Lipinski definition) is 6. The van der Waals surface area contributed by atoms with Gasteiger partial charge in [-0.3, -0.25) is 10.1 Å². The van der Waals surface area contributed by atoms with Crippen LogP contribution in [0.1, 0.15) is 29.1 Å². The number of nitrogens with one attached hydrogen (secondary N) is 1. The molecule has 1 amide bonds. The second kappa shape index (κ2) is 7.51. The summed E-state index contributed by atoms with van der Waals surface area (Å²) < 4.78 is 11.5. The summed E-state index contributed by atoms with van der Waals surface area (Å²) in [5.41, 5.74) is 0.373. The number of carbonyl (C=O) groups is 1. The van der Waals surface area contributed by atoms with Crippen LogP contribution in [0, 0.1) is 18.8 Å². The normalized spacial score (nSPS) is 26.2. The maximum absolute atomic E-state index is 12.6. The molecule has 6 nitrogen and oxygen atoms in total. The Morgan fingerprint density at radius 3 is 2.88 bits per heavy atom. The van der Waals surface area contributed by atoms with Gasteiger partial charge in [0, 0.05) is 11.1 Å². The van der Waals surface area contributed by atoms with Crippen LogP contribution in [0.3, 0.4) is 0 Å². The van der Waals surface area contributed by atoms with Gasteiger partial charge in [-0.05, 0) is 30.9 Å². The van der Waals surface area contributed by atoms with Gasteiger partial charge in [0.05, 0.1) is 12.2 Å². The number of aliphatic hydroxyl groups is 1. The Hall–Kier alpha value is -1.96. The molecule has 1 fully saturated rings. The Kier molecular flexibility index (Phi) is 5.36.